The van der Waals surface area contributed by atoms with Crippen molar-refractivity contribution in [2.24, 2.45) is 5.73 Å². The van der Waals surface area contributed by atoms with Crippen molar-refractivity contribution >= 4 is 12.4 Å². The van der Waals surface area contributed by atoms with Crippen molar-refractivity contribution in [1.29, 1.82) is 0 Å². The van der Waals surface area contributed by atoms with Crippen LogP contribution in [0, 0.1) is 0 Å². The minimum atomic E-state index is -4.48. The summed E-state index contributed by atoms with van der Waals surface area (Å²) in [6.07, 6.45) is -4.48. The van der Waals surface area contributed by atoms with Crippen molar-refractivity contribution in [2.45, 2.75) is 24.7 Å². The topological polar surface area (TPSA) is 58.3 Å². The average molecular weight is 299 g/mol. The van der Waals surface area contributed by atoms with Crippen LogP contribution in [0.4, 0.5) is 13.2 Å². The van der Waals surface area contributed by atoms with Crippen molar-refractivity contribution in [3.8, 4) is 0 Å². The molecule has 1 unspecified atom stereocenters. The minimum Gasteiger partial charge on any atom is -0.394 e. The normalized spacial score (nSPS) is 16.3. The Labute approximate surface area is 116 Å². The van der Waals surface area contributed by atoms with Gasteiger partial charge in [0.1, 0.15) is 5.54 Å². The summed E-state index contributed by atoms with van der Waals surface area (Å²) < 4.78 is 38.7. The highest BCUT2D eigenvalue weighted by atomic mass is 35.5. The first-order valence-electron chi connectivity index (χ1n) is 5.54. The smallest absolute Gasteiger partial charge is 0.394 e. The maximum absolute atomic E-state index is 12.9. The zero-order valence-corrected chi connectivity index (χ0v) is 11.3. The monoisotopic (exact) mass is 298 g/mol. The lowest BCUT2D eigenvalue weighted by Crippen LogP contribution is -2.60. The van der Waals surface area contributed by atoms with Crippen LogP contribution in [0.1, 0.15) is 18.5 Å². The summed E-state index contributed by atoms with van der Waals surface area (Å²) in [4.78, 5) is 0. The number of aliphatic hydroxyl groups excluding tert-OH is 1. The molecule has 0 fully saturated rings. The number of aliphatic hydroxyl groups is 1. The molecule has 0 aromatic heterocycles. The molecule has 0 spiro atoms. The fraction of sp³-hybridized carbons (Fsp3) is 0.500. The Balaban J connectivity index is 0.00000324. The van der Waals surface area contributed by atoms with Crippen LogP contribution >= 0.6 is 12.4 Å². The number of alkyl halides is 3. The summed E-state index contributed by atoms with van der Waals surface area (Å²) >= 11 is 0. The molecule has 1 aromatic rings. The molecule has 0 radical (unpaired) electrons. The lowest BCUT2D eigenvalue weighted by molar-refractivity contribution is -0.191. The molecule has 0 saturated carbocycles. The molecule has 0 aliphatic rings. The Morgan fingerprint density at radius 3 is 2.16 bits per heavy atom. The molecule has 1 rings (SSSR count). The highest BCUT2D eigenvalue weighted by Crippen LogP contribution is 2.31. The standard InChI is InChI=1S/C12H17F3N2O.ClH/c1-11(8-16,12(13,14)15)17-10(7-18)9-5-3-2-4-6-9;/h2-6,10,17-18H,7-8,16H2,1H3;1H/t10?,11-;/m1./s1. The largest absolute Gasteiger partial charge is 0.407 e. The van der Waals surface area contributed by atoms with Crippen LogP contribution in [-0.4, -0.2) is 30.0 Å². The third-order valence-corrected chi connectivity index (χ3v) is 2.91. The van der Waals surface area contributed by atoms with E-state index in [2.05, 4.69) is 5.32 Å². The Morgan fingerprint density at radius 1 is 1.26 bits per heavy atom. The van der Waals surface area contributed by atoms with E-state index in [9.17, 15) is 18.3 Å². The summed E-state index contributed by atoms with van der Waals surface area (Å²) in [7, 11) is 0. The third-order valence-electron chi connectivity index (χ3n) is 2.91. The van der Waals surface area contributed by atoms with E-state index >= 15 is 0 Å². The molecule has 0 bridgehead atoms. The van der Waals surface area contributed by atoms with Crippen LogP contribution in [0.5, 0.6) is 0 Å². The van der Waals surface area contributed by atoms with Crippen LogP contribution in [0.3, 0.4) is 0 Å². The van der Waals surface area contributed by atoms with Crippen molar-refractivity contribution in [2.75, 3.05) is 13.2 Å². The first-order valence-corrected chi connectivity index (χ1v) is 5.54. The minimum absolute atomic E-state index is 0. The first-order chi connectivity index (χ1) is 8.34. The number of benzene rings is 1. The SMILES string of the molecule is C[C@](CN)(NC(CO)c1ccccc1)C(F)(F)F.Cl. The van der Waals surface area contributed by atoms with E-state index in [0.717, 1.165) is 6.92 Å². The van der Waals surface area contributed by atoms with Crippen molar-refractivity contribution in [3.63, 3.8) is 0 Å². The molecule has 0 aliphatic heterocycles. The second-order valence-corrected chi connectivity index (χ2v) is 4.32. The van der Waals surface area contributed by atoms with Crippen LogP contribution in [0.15, 0.2) is 30.3 Å². The second kappa shape index (κ2) is 7.09. The molecule has 3 nitrogen and oxygen atoms in total. The van der Waals surface area contributed by atoms with Gasteiger partial charge in [0.15, 0.2) is 0 Å². The maximum Gasteiger partial charge on any atom is 0.407 e. The number of halogens is 4. The molecule has 0 saturated heterocycles. The van der Waals surface area contributed by atoms with E-state index in [1.807, 2.05) is 0 Å². The summed E-state index contributed by atoms with van der Waals surface area (Å²) in [6, 6.07) is 7.66. The van der Waals surface area contributed by atoms with Crippen molar-refractivity contribution in [1.82, 2.24) is 5.32 Å². The molecule has 1 aromatic carbocycles. The van der Waals surface area contributed by atoms with Gasteiger partial charge >= 0.3 is 6.18 Å². The van der Waals surface area contributed by atoms with Gasteiger partial charge in [-0.1, -0.05) is 30.3 Å². The van der Waals surface area contributed by atoms with E-state index in [1.54, 1.807) is 30.3 Å². The van der Waals surface area contributed by atoms with Crippen LogP contribution < -0.4 is 11.1 Å². The van der Waals surface area contributed by atoms with Crippen molar-refractivity contribution in [3.05, 3.63) is 35.9 Å². The zero-order valence-electron chi connectivity index (χ0n) is 10.4. The Kier molecular flexibility index (Phi) is 6.79. The van der Waals surface area contributed by atoms with E-state index < -0.39 is 30.9 Å². The fourth-order valence-electron chi connectivity index (χ4n) is 1.56. The van der Waals surface area contributed by atoms with Gasteiger partial charge in [0, 0.05) is 6.54 Å². The van der Waals surface area contributed by atoms with Gasteiger partial charge < -0.3 is 10.8 Å². The number of hydrogen-bond acceptors (Lipinski definition) is 3. The number of hydrogen-bond donors (Lipinski definition) is 3. The highest BCUT2D eigenvalue weighted by Gasteiger charge is 2.51. The van der Waals surface area contributed by atoms with Crippen LogP contribution in [0.25, 0.3) is 0 Å². The van der Waals surface area contributed by atoms with E-state index in [0.29, 0.717) is 5.56 Å². The number of rotatable bonds is 5. The number of nitrogens with one attached hydrogen (secondary N) is 1. The van der Waals surface area contributed by atoms with Gasteiger partial charge in [-0.05, 0) is 12.5 Å². The molecule has 4 N–H and O–H groups in total. The summed E-state index contributed by atoms with van der Waals surface area (Å²) in [5.41, 5.74) is 3.57. The fourth-order valence-corrected chi connectivity index (χ4v) is 1.56. The van der Waals surface area contributed by atoms with Crippen LogP contribution in [-0.2, 0) is 0 Å². The molecule has 0 heterocycles. The van der Waals surface area contributed by atoms with Gasteiger partial charge in [0.25, 0.3) is 0 Å². The molecule has 0 amide bonds. The van der Waals surface area contributed by atoms with Crippen LogP contribution in [0.2, 0.25) is 0 Å². The quantitative estimate of drug-likeness (QED) is 0.779. The highest BCUT2D eigenvalue weighted by molar-refractivity contribution is 5.85. The lowest BCUT2D eigenvalue weighted by atomic mass is 9.98. The molecule has 19 heavy (non-hydrogen) atoms. The second-order valence-electron chi connectivity index (χ2n) is 4.32. The first kappa shape index (κ1) is 18.2. The van der Waals surface area contributed by atoms with Gasteiger partial charge in [-0.15, -0.1) is 12.4 Å². The molecule has 7 heteroatoms. The Bertz CT molecular complexity index is 375. The molecule has 110 valence electrons. The van der Waals surface area contributed by atoms with Gasteiger partial charge in [0.2, 0.25) is 0 Å². The predicted octanol–water partition coefficient (Wildman–Crippen LogP) is 2.01. The van der Waals surface area contributed by atoms with Gasteiger partial charge in [-0.3, -0.25) is 5.32 Å². The number of nitrogens with two attached hydrogens (primary N) is 1. The molecule has 2 atom stereocenters. The predicted molar refractivity (Wildman–Crippen MR) is 70.2 cm³/mol. The van der Waals surface area contributed by atoms with Gasteiger partial charge in [0.05, 0.1) is 12.6 Å². The van der Waals surface area contributed by atoms with E-state index in [1.165, 1.54) is 0 Å². The molecular formula is C12H18ClF3N2O. The van der Waals surface area contributed by atoms with Crippen molar-refractivity contribution < 1.29 is 18.3 Å². The summed E-state index contributed by atoms with van der Waals surface area (Å²) in [5.74, 6) is 0. The summed E-state index contributed by atoms with van der Waals surface area (Å²) in [5, 5.41) is 11.6. The Morgan fingerprint density at radius 2 is 1.79 bits per heavy atom. The van der Waals surface area contributed by atoms with Gasteiger partial charge in [-0.25, -0.2) is 0 Å². The summed E-state index contributed by atoms with van der Waals surface area (Å²) in [6.45, 7) is -0.0475. The van der Waals surface area contributed by atoms with E-state index in [-0.39, 0.29) is 12.4 Å². The molecular weight excluding hydrogens is 281 g/mol. The third kappa shape index (κ3) is 4.35. The maximum atomic E-state index is 12.9. The Hall–Kier alpha value is -0.820. The zero-order chi connectivity index (χ0) is 13.8. The average Bonchev–Trinajstić information content (AvgIpc) is 2.35. The molecule has 0 aliphatic carbocycles. The van der Waals surface area contributed by atoms with E-state index in [4.69, 9.17) is 5.73 Å². The van der Waals surface area contributed by atoms with Gasteiger partial charge in [-0.2, -0.15) is 13.2 Å². The lowest BCUT2D eigenvalue weighted by Gasteiger charge is -2.35.